The van der Waals surface area contributed by atoms with Crippen molar-refractivity contribution in [3.63, 3.8) is 0 Å². The van der Waals surface area contributed by atoms with Crippen molar-refractivity contribution in [1.29, 1.82) is 5.41 Å². The summed E-state index contributed by atoms with van der Waals surface area (Å²) < 4.78 is 59.1. The second-order valence-corrected chi connectivity index (χ2v) is 10.4. The Kier molecular flexibility index (Phi) is 7.49. The Balaban J connectivity index is 1.48. The van der Waals surface area contributed by atoms with Crippen LogP contribution in [0.25, 0.3) is 0 Å². The minimum absolute atomic E-state index is 0.0147. The first-order chi connectivity index (χ1) is 19.0. The van der Waals surface area contributed by atoms with Crippen molar-refractivity contribution in [2.24, 2.45) is 0 Å². The lowest BCUT2D eigenvalue weighted by molar-refractivity contribution is -0.216. The summed E-state index contributed by atoms with van der Waals surface area (Å²) in [6.45, 7) is -0.0147. The molecule has 2 aromatic carbocycles. The summed E-state index contributed by atoms with van der Waals surface area (Å²) in [7, 11) is 4.57. The molecule has 0 radical (unpaired) electrons. The van der Waals surface area contributed by atoms with Crippen LogP contribution in [0.4, 0.5) is 23.2 Å². The Hall–Kier alpha value is -3.64. The van der Waals surface area contributed by atoms with E-state index in [0.717, 1.165) is 38.5 Å². The highest BCUT2D eigenvalue weighted by Gasteiger charge is 2.55. The third-order valence-electron chi connectivity index (χ3n) is 7.96. The van der Waals surface area contributed by atoms with Crippen LogP contribution in [0.2, 0.25) is 0 Å². The quantitative estimate of drug-likeness (QED) is 0.344. The Morgan fingerprint density at radius 1 is 1.12 bits per heavy atom. The Labute approximate surface area is 230 Å². The van der Waals surface area contributed by atoms with E-state index in [0.29, 0.717) is 11.3 Å². The van der Waals surface area contributed by atoms with Gasteiger partial charge in [-0.25, -0.2) is 4.39 Å². The fourth-order valence-electron chi connectivity index (χ4n) is 6.12. The van der Waals surface area contributed by atoms with Gasteiger partial charge in [0.2, 0.25) is 0 Å². The van der Waals surface area contributed by atoms with Gasteiger partial charge in [0.25, 0.3) is 5.91 Å². The van der Waals surface area contributed by atoms with Crippen molar-refractivity contribution in [3.8, 4) is 0 Å². The van der Waals surface area contributed by atoms with E-state index in [4.69, 9.17) is 5.41 Å². The third-order valence-corrected chi connectivity index (χ3v) is 7.96. The average molecular weight is 561 g/mol. The molecule has 8 nitrogen and oxygen atoms in total. The van der Waals surface area contributed by atoms with E-state index in [9.17, 15) is 22.4 Å². The highest BCUT2D eigenvalue weighted by atomic mass is 19.4. The molecule has 40 heavy (non-hydrogen) atoms. The van der Waals surface area contributed by atoms with E-state index in [2.05, 4.69) is 20.3 Å². The van der Waals surface area contributed by atoms with E-state index in [1.165, 1.54) is 6.07 Å². The molecule has 0 aromatic heterocycles. The van der Waals surface area contributed by atoms with Crippen molar-refractivity contribution in [2.45, 2.75) is 56.5 Å². The number of hydrogen-bond donors (Lipinski definition) is 3. The zero-order valence-electron chi connectivity index (χ0n) is 22.4. The molecule has 4 atom stereocenters. The number of amidine groups is 1. The minimum Gasteiger partial charge on any atom is -0.367 e. The van der Waals surface area contributed by atoms with Gasteiger partial charge in [0, 0.05) is 44.0 Å². The molecule has 214 valence electrons. The van der Waals surface area contributed by atoms with Crippen molar-refractivity contribution in [2.75, 3.05) is 26.5 Å². The first-order valence-corrected chi connectivity index (χ1v) is 13.1. The van der Waals surface area contributed by atoms with Crippen LogP contribution in [-0.4, -0.2) is 72.2 Å². The lowest BCUT2D eigenvalue weighted by Crippen LogP contribution is -2.61. The maximum atomic E-state index is 14.8. The smallest absolute Gasteiger partial charge is 0.367 e. The van der Waals surface area contributed by atoms with Gasteiger partial charge in [0.15, 0.2) is 12.4 Å². The summed E-state index contributed by atoms with van der Waals surface area (Å²) in [4.78, 5) is 19.5. The number of fused-ring (bicyclic) bond motifs is 3. The van der Waals surface area contributed by atoms with Crippen molar-refractivity contribution >= 4 is 17.4 Å². The second-order valence-electron chi connectivity index (χ2n) is 10.4. The normalized spacial score (nSPS) is 25.1. The number of ether oxygens (including phenoxy) is 1. The van der Waals surface area contributed by atoms with E-state index in [1.54, 1.807) is 24.1 Å². The van der Waals surface area contributed by atoms with Crippen LogP contribution in [0.5, 0.6) is 0 Å². The first-order valence-electron chi connectivity index (χ1n) is 13.1. The summed E-state index contributed by atoms with van der Waals surface area (Å²) in [5.41, 5.74) is 0.539. The molecule has 0 bridgehead atoms. The molecule has 1 aliphatic carbocycles. The molecule has 1 amide bonds. The molecule has 2 saturated heterocycles. The van der Waals surface area contributed by atoms with E-state index in [-0.39, 0.29) is 48.1 Å². The number of carbonyl (C=O) groups is 1. The summed E-state index contributed by atoms with van der Waals surface area (Å²) in [6, 6.07) is 12.9. The van der Waals surface area contributed by atoms with E-state index >= 15 is 0 Å². The monoisotopic (exact) mass is 560 g/mol. The molecule has 3 N–H and O–H groups in total. The predicted octanol–water partition coefficient (Wildman–Crippen LogP) is 4.39. The number of anilines is 1. The maximum Gasteiger partial charge on any atom is 0.418 e. The van der Waals surface area contributed by atoms with E-state index < -0.39 is 23.7 Å². The zero-order valence-corrected chi connectivity index (χ0v) is 22.4. The molecule has 2 heterocycles. The van der Waals surface area contributed by atoms with Crippen molar-refractivity contribution < 1.29 is 27.1 Å². The van der Waals surface area contributed by atoms with Gasteiger partial charge in [-0.3, -0.25) is 15.1 Å². The fourth-order valence-corrected chi connectivity index (χ4v) is 6.12. The summed E-state index contributed by atoms with van der Waals surface area (Å²) in [5.74, 6) is -1.05. The van der Waals surface area contributed by atoms with Gasteiger partial charge in [-0.2, -0.15) is 13.2 Å². The van der Waals surface area contributed by atoms with Gasteiger partial charge in [0.05, 0.1) is 0 Å². The number of methoxy groups -OCH3 is 1. The molecule has 12 heteroatoms. The summed E-state index contributed by atoms with van der Waals surface area (Å²) >= 11 is 0. The standard InChI is InChI=1S/C28H32F4N6O2/c1-36-20-10-7-11-21(20)38-24(33)22(26(39)37(2)27(36)38)25(35-17-8-5-4-6-9-17)34-15-16-12-13-18(19(29)14-16)23(40-3)28(30,31)32/h4-6,8-9,12-14,20-21,23,27,33-35H,7,10-11,15H2,1-3H3/b25-22-,33-24?/t20-,21+,23?,27?/m1/s1. The number of hydrogen-bond acceptors (Lipinski definition) is 6. The van der Waals surface area contributed by atoms with Crippen LogP contribution in [-0.2, 0) is 16.1 Å². The van der Waals surface area contributed by atoms with Gasteiger partial charge >= 0.3 is 6.18 Å². The molecule has 5 rings (SSSR count). The summed E-state index contributed by atoms with van der Waals surface area (Å²) in [5, 5.41) is 15.5. The molecule has 2 aromatic rings. The lowest BCUT2D eigenvalue weighted by atomic mass is 10.0. The Morgan fingerprint density at radius 3 is 2.48 bits per heavy atom. The Bertz CT molecular complexity index is 1320. The van der Waals surface area contributed by atoms with Gasteiger partial charge in [0.1, 0.15) is 23.0 Å². The highest BCUT2D eigenvalue weighted by molar-refractivity contribution is 6.22. The number of amides is 1. The number of carbonyl (C=O) groups excluding carboxylic acids is 1. The molecular formula is C28H32F4N6O2. The molecule has 3 aliphatic rings. The second kappa shape index (κ2) is 10.7. The van der Waals surface area contributed by atoms with Gasteiger partial charge in [-0.1, -0.05) is 30.3 Å². The van der Waals surface area contributed by atoms with Gasteiger partial charge in [-0.05, 0) is 50.1 Å². The number of nitrogens with zero attached hydrogens (tertiary/aromatic N) is 3. The average Bonchev–Trinajstić information content (AvgIpc) is 3.49. The number of nitrogens with one attached hydrogen (secondary N) is 3. The number of alkyl halides is 3. The van der Waals surface area contributed by atoms with Gasteiger partial charge in [-0.15, -0.1) is 0 Å². The fraction of sp³-hybridized carbons (Fsp3) is 0.429. The maximum absolute atomic E-state index is 14.8. The van der Waals surface area contributed by atoms with Crippen LogP contribution >= 0.6 is 0 Å². The highest BCUT2D eigenvalue weighted by Crippen LogP contribution is 2.41. The Morgan fingerprint density at radius 2 is 1.82 bits per heavy atom. The molecule has 1 saturated carbocycles. The minimum atomic E-state index is -4.76. The van der Waals surface area contributed by atoms with Crippen LogP contribution < -0.4 is 10.6 Å². The van der Waals surface area contributed by atoms with Crippen LogP contribution in [0.15, 0.2) is 59.9 Å². The van der Waals surface area contributed by atoms with Crippen LogP contribution in [0, 0.1) is 11.2 Å². The number of rotatable bonds is 7. The van der Waals surface area contributed by atoms with Crippen molar-refractivity contribution in [3.05, 3.63) is 76.9 Å². The number of para-hydroxylation sites is 1. The predicted molar refractivity (Wildman–Crippen MR) is 141 cm³/mol. The number of benzene rings is 2. The molecule has 3 fully saturated rings. The zero-order chi connectivity index (χ0) is 28.8. The summed E-state index contributed by atoms with van der Waals surface area (Å²) in [6.07, 6.45) is -4.55. The third kappa shape index (κ3) is 4.90. The van der Waals surface area contributed by atoms with E-state index in [1.807, 2.05) is 30.1 Å². The lowest BCUT2D eigenvalue weighted by Gasteiger charge is -2.44. The van der Waals surface area contributed by atoms with Gasteiger partial charge < -0.3 is 25.2 Å². The molecule has 2 aliphatic heterocycles. The van der Waals surface area contributed by atoms with Crippen molar-refractivity contribution in [1.82, 2.24) is 20.0 Å². The SMILES string of the molecule is COC(c1ccc(CN/C(Nc2ccccc2)=C2\C(=N)N3C(N(C)C2=O)N(C)[C@@H]2CCC[C@@H]23)cc1F)C(F)(F)F. The number of likely N-dealkylation sites (N-methyl/N-ethyl adjacent to an activating group) is 2. The largest absolute Gasteiger partial charge is 0.418 e. The first kappa shape index (κ1) is 27.9. The molecule has 0 spiro atoms. The topological polar surface area (TPSA) is 83.9 Å². The van der Waals surface area contributed by atoms with Crippen LogP contribution in [0.1, 0.15) is 36.5 Å². The number of halogens is 4. The van der Waals surface area contributed by atoms with Crippen LogP contribution in [0.3, 0.4) is 0 Å². The molecular weight excluding hydrogens is 528 g/mol. The molecule has 2 unspecified atom stereocenters.